The molecule has 0 saturated heterocycles. The van der Waals surface area contributed by atoms with Crippen molar-refractivity contribution in [2.75, 3.05) is 15.4 Å². The van der Waals surface area contributed by atoms with Gasteiger partial charge in [0.25, 0.3) is 17.0 Å². The minimum atomic E-state index is -2.22. The number of benzene rings is 2. The third-order valence-electron chi connectivity index (χ3n) is 2.76. The van der Waals surface area contributed by atoms with Crippen LogP contribution in [-0.2, 0) is 11.3 Å². The van der Waals surface area contributed by atoms with Gasteiger partial charge in [-0.3, -0.25) is 19.4 Å². The number of carbonyl (C=O) groups excluding carboxylic acids is 1. The highest BCUT2D eigenvalue weighted by molar-refractivity contribution is 7.80. The Morgan fingerprint density at radius 2 is 1.75 bits per heavy atom. The Balaban J connectivity index is 2.04. The van der Waals surface area contributed by atoms with Crippen LogP contribution in [-0.4, -0.2) is 19.7 Å². The van der Waals surface area contributed by atoms with Crippen molar-refractivity contribution in [3.05, 3.63) is 58.4 Å². The lowest BCUT2D eigenvalue weighted by molar-refractivity contribution is -0.384. The van der Waals surface area contributed by atoms with Crippen LogP contribution in [0.1, 0.15) is 0 Å². The minimum absolute atomic E-state index is 0.326. The largest absolute Gasteiger partial charge is 0.323 e. The molecule has 0 aliphatic carbocycles. The number of nitrogens with zero attached hydrogens (tertiary/aromatic N) is 1. The Kier molecular flexibility index (Phi) is 5.39. The van der Waals surface area contributed by atoms with Crippen molar-refractivity contribution in [3.8, 4) is 0 Å². The van der Waals surface area contributed by atoms with E-state index in [1.165, 1.54) is 24.3 Å². The molecule has 126 valence electrons. The summed E-state index contributed by atoms with van der Waals surface area (Å²) in [7, 11) is 0. The quantitative estimate of drug-likeness (QED) is 0.372. The highest BCUT2D eigenvalue weighted by Crippen LogP contribution is 2.21. The molecule has 2 rings (SSSR count). The van der Waals surface area contributed by atoms with Crippen molar-refractivity contribution in [1.82, 2.24) is 0 Å². The van der Waals surface area contributed by atoms with Crippen LogP contribution in [0.3, 0.4) is 0 Å². The summed E-state index contributed by atoms with van der Waals surface area (Å²) < 4.78 is 35.1. The van der Waals surface area contributed by atoms with Gasteiger partial charge in [-0.1, -0.05) is 0 Å². The summed E-state index contributed by atoms with van der Waals surface area (Å²) in [6.45, 7) is 0. The number of anilines is 3. The molecule has 9 nitrogen and oxygen atoms in total. The first-order valence-electron chi connectivity index (χ1n) is 6.34. The number of hydrogen-bond donors (Lipinski definition) is 4. The Morgan fingerprint density at radius 3 is 2.33 bits per heavy atom. The van der Waals surface area contributed by atoms with Gasteiger partial charge in [-0.15, -0.1) is 0 Å². The van der Waals surface area contributed by atoms with Gasteiger partial charge >= 0.3 is 6.03 Å². The van der Waals surface area contributed by atoms with Crippen molar-refractivity contribution in [2.24, 2.45) is 0 Å². The van der Waals surface area contributed by atoms with Gasteiger partial charge in [-0.05, 0) is 30.3 Å². The van der Waals surface area contributed by atoms with Crippen molar-refractivity contribution in [1.29, 1.82) is 0 Å². The van der Waals surface area contributed by atoms with E-state index in [9.17, 15) is 23.5 Å². The zero-order valence-electron chi connectivity index (χ0n) is 11.9. The highest BCUT2D eigenvalue weighted by Gasteiger charge is 2.13. The molecule has 2 aromatic rings. The molecule has 0 radical (unpaired) electrons. The van der Waals surface area contributed by atoms with Crippen molar-refractivity contribution >= 4 is 40.0 Å². The molecular weight excluding hydrogens is 343 g/mol. The van der Waals surface area contributed by atoms with Crippen molar-refractivity contribution in [2.45, 2.75) is 0 Å². The fraction of sp³-hybridized carbons (Fsp3) is 0. The fourth-order valence-electron chi connectivity index (χ4n) is 1.73. The van der Waals surface area contributed by atoms with Gasteiger partial charge in [0.15, 0.2) is 0 Å². The van der Waals surface area contributed by atoms with E-state index >= 15 is 0 Å². The van der Waals surface area contributed by atoms with Gasteiger partial charge in [-0.2, -0.15) is 0 Å². The number of urea groups is 1. The summed E-state index contributed by atoms with van der Waals surface area (Å²) >= 11 is -2.22. The second kappa shape index (κ2) is 7.48. The average molecular weight is 354 g/mol. The molecule has 0 saturated carbocycles. The number of nitrogens with one attached hydrogen (secondary N) is 3. The standard InChI is InChI=1S/C13H11FN4O5S/c14-11-6-5-10(18(20)21)7-12(11)16-13(19)15-8-1-3-9(4-2-8)17-24(22)23/h1-7,17H,(H,22,23)(H2,15,16,19). The van der Waals surface area contributed by atoms with E-state index < -0.39 is 28.0 Å². The molecule has 0 fully saturated rings. The molecule has 0 aromatic heterocycles. The van der Waals surface area contributed by atoms with Crippen LogP contribution >= 0.6 is 0 Å². The second-order valence-corrected chi connectivity index (χ2v) is 5.13. The summed E-state index contributed by atoms with van der Waals surface area (Å²) in [6.07, 6.45) is 0. The molecule has 2 aromatic carbocycles. The number of rotatable bonds is 5. The lowest BCUT2D eigenvalue weighted by atomic mass is 10.2. The number of nitro benzene ring substituents is 1. The van der Waals surface area contributed by atoms with Crippen LogP contribution in [0, 0.1) is 15.9 Å². The van der Waals surface area contributed by atoms with E-state index in [-0.39, 0.29) is 11.4 Å². The van der Waals surface area contributed by atoms with Gasteiger partial charge in [0.1, 0.15) is 5.82 Å². The summed E-state index contributed by atoms with van der Waals surface area (Å²) in [5.74, 6) is -0.819. The number of nitro groups is 1. The Labute approximate surface area is 137 Å². The predicted octanol–water partition coefficient (Wildman–Crippen LogP) is 2.93. The molecule has 0 heterocycles. The van der Waals surface area contributed by atoms with Crippen LogP contribution in [0.4, 0.5) is 31.9 Å². The number of carbonyl (C=O) groups is 1. The Hall–Kier alpha value is -3.05. The predicted molar refractivity (Wildman–Crippen MR) is 86.5 cm³/mol. The van der Waals surface area contributed by atoms with E-state index in [0.717, 1.165) is 18.2 Å². The maximum absolute atomic E-state index is 13.6. The lowest BCUT2D eigenvalue weighted by Gasteiger charge is -2.09. The highest BCUT2D eigenvalue weighted by atomic mass is 32.2. The van der Waals surface area contributed by atoms with Crippen LogP contribution < -0.4 is 15.4 Å². The van der Waals surface area contributed by atoms with Gasteiger partial charge in [0.2, 0.25) is 0 Å². The van der Waals surface area contributed by atoms with Gasteiger partial charge < -0.3 is 10.6 Å². The third kappa shape index (κ3) is 4.72. The van der Waals surface area contributed by atoms with Gasteiger partial charge in [0, 0.05) is 23.5 Å². The summed E-state index contributed by atoms with van der Waals surface area (Å²) in [6, 6.07) is 7.73. The fourth-order valence-corrected chi connectivity index (χ4v) is 2.07. The topological polar surface area (TPSA) is 134 Å². The van der Waals surface area contributed by atoms with Crippen LogP contribution in [0.25, 0.3) is 0 Å². The SMILES string of the molecule is O=C(Nc1ccc(NS(=O)O)cc1)Nc1cc([N+](=O)[O-])ccc1F. The van der Waals surface area contributed by atoms with Gasteiger partial charge in [-0.25, -0.2) is 13.4 Å². The summed E-state index contributed by atoms with van der Waals surface area (Å²) in [5, 5.41) is 15.2. The molecular formula is C13H11FN4O5S. The molecule has 11 heteroatoms. The molecule has 0 aliphatic heterocycles. The second-order valence-electron chi connectivity index (χ2n) is 4.43. The zero-order valence-corrected chi connectivity index (χ0v) is 12.7. The molecule has 2 amide bonds. The number of non-ortho nitro benzene ring substituents is 1. The van der Waals surface area contributed by atoms with E-state index in [1.807, 2.05) is 0 Å². The van der Waals surface area contributed by atoms with E-state index in [4.69, 9.17) is 4.55 Å². The number of amides is 2. The summed E-state index contributed by atoms with van der Waals surface area (Å²) in [5.41, 5.74) is -0.0195. The van der Waals surface area contributed by atoms with Crippen LogP contribution in [0.5, 0.6) is 0 Å². The molecule has 0 bridgehead atoms. The zero-order chi connectivity index (χ0) is 17.7. The molecule has 0 aliphatic rings. The maximum atomic E-state index is 13.6. The minimum Gasteiger partial charge on any atom is -0.308 e. The van der Waals surface area contributed by atoms with Gasteiger partial charge in [0.05, 0.1) is 10.6 Å². The smallest absolute Gasteiger partial charge is 0.308 e. The maximum Gasteiger partial charge on any atom is 0.323 e. The first-order chi connectivity index (χ1) is 11.3. The third-order valence-corrected chi connectivity index (χ3v) is 3.17. The van der Waals surface area contributed by atoms with E-state index in [0.29, 0.717) is 11.4 Å². The summed E-state index contributed by atoms with van der Waals surface area (Å²) in [4.78, 5) is 21.8. The molecule has 4 N–H and O–H groups in total. The molecule has 24 heavy (non-hydrogen) atoms. The average Bonchev–Trinajstić information content (AvgIpc) is 2.50. The lowest BCUT2D eigenvalue weighted by Crippen LogP contribution is -2.20. The van der Waals surface area contributed by atoms with E-state index in [2.05, 4.69) is 15.4 Å². The van der Waals surface area contributed by atoms with Crippen molar-refractivity contribution < 1.29 is 22.9 Å². The van der Waals surface area contributed by atoms with Crippen LogP contribution in [0.15, 0.2) is 42.5 Å². The first-order valence-corrected chi connectivity index (χ1v) is 7.45. The van der Waals surface area contributed by atoms with E-state index in [1.54, 1.807) is 0 Å². The normalized spacial score (nSPS) is 11.4. The molecule has 0 spiro atoms. The Morgan fingerprint density at radius 1 is 1.12 bits per heavy atom. The Bertz CT molecular complexity index is 799. The first kappa shape index (κ1) is 17.3. The number of hydrogen-bond acceptors (Lipinski definition) is 4. The number of halogens is 1. The monoisotopic (exact) mass is 354 g/mol. The molecule has 1 atom stereocenters. The molecule has 1 unspecified atom stereocenters. The van der Waals surface area contributed by atoms with Crippen LogP contribution in [0.2, 0.25) is 0 Å². The van der Waals surface area contributed by atoms with Crippen molar-refractivity contribution in [3.63, 3.8) is 0 Å².